The van der Waals surface area contributed by atoms with Gasteiger partial charge in [0.15, 0.2) is 5.17 Å². The molecule has 1 heterocycles. The Kier molecular flexibility index (Phi) is 6.20. The summed E-state index contributed by atoms with van der Waals surface area (Å²) >= 11 is 4.19. The van der Waals surface area contributed by atoms with Crippen LogP contribution >= 0.6 is 27.7 Å². The number of nitro groups is 1. The zero-order chi connectivity index (χ0) is 21.2. The molecule has 8 nitrogen and oxygen atoms in total. The summed E-state index contributed by atoms with van der Waals surface area (Å²) < 4.78 is 29.8. The molecule has 1 fully saturated rings. The van der Waals surface area contributed by atoms with Crippen molar-refractivity contribution in [2.24, 2.45) is 4.40 Å². The molecule has 150 valence electrons. The Morgan fingerprint density at radius 2 is 1.79 bits per heavy atom. The average Bonchev–Trinajstić information content (AvgIpc) is 2.96. The van der Waals surface area contributed by atoms with Gasteiger partial charge in [-0.3, -0.25) is 19.8 Å². The number of benzene rings is 2. The highest BCUT2D eigenvalue weighted by molar-refractivity contribution is 9.10. The van der Waals surface area contributed by atoms with Crippen LogP contribution in [0.4, 0.5) is 5.69 Å². The zero-order valence-electron chi connectivity index (χ0n) is 15.0. The molecule has 1 amide bonds. The minimum atomic E-state index is -3.99. The number of non-ortho nitro benzene ring substituents is 1. The van der Waals surface area contributed by atoms with Crippen LogP contribution in [0.15, 0.2) is 67.2 Å². The molecular formula is C18H14BrN3O5S2. The van der Waals surface area contributed by atoms with Crippen molar-refractivity contribution in [3.8, 4) is 0 Å². The Morgan fingerprint density at radius 3 is 2.34 bits per heavy atom. The first-order valence-electron chi connectivity index (χ1n) is 8.27. The molecule has 0 radical (unpaired) electrons. The van der Waals surface area contributed by atoms with Crippen molar-refractivity contribution in [2.75, 3.05) is 6.54 Å². The number of likely N-dealkylation sites (N-methyl/N-ethyl adjacent to an activating group) is 1. The predicted molar refractivity (Wildman–Crippen MR) is 115 cm³/mol. The van der Waals surface area contributed by atoms with Crippen LogP contribution in [-0.2, 0) is 14.8 Å². The molecule has 0 saturated carbocycles. The van der Waals surface area contributed by atoms with Gasteiger partial charge in [0.2, 0.25) is 0 Å². The molecule has 0 N–H and O–H groups in total. The third-order valence-electron chi connectivity index (χ3n) is 3.92. The van der Waals surface area contributed by atoms with Gasteiger partial charge in [-0.05, 0) is 66.7 Å². The number of amides is 1. The standard InChI is InChI=1S/C18H14BrN3O5S2/c1-2-21-17(23)16(11-12-3-7-14(8-4-12)22(24)25)28-18(21)20-29(26,27)15-9-5-13(19)6-10-15/h3-11H,2H2,1H3/b16-11-,20-18+. The van der Waals surface area contributed by atoms with Gasteiger partial charge in [-0.2, -0.15) is 8.42 Å². The highest BCUT2D eigenvalue weighted by atomic mass is 79.9. The first-order valence-corrected chi connectivity index (χ1v) is 11.3. The third-order valence-corrected chi connectivity index (χ3v) is 6.85. The summed E-state index contributed by atoms with van der Waals surface area (Å²) in [7, 11) is -3.99. The van der Waals surface area contributed by atoms with E-state index in [-0.39, 0.29) is 33.1 Å². The number of thioether (sulfide) groups is 1. The molecule has 29 heavy (non-hydrogen) atoms. The Bertz CT molecular complexity index is 1130. The highest BCUT2D eigenvalue weighted by Gasteiger charge is 2.34. The topological polar surface area (TPSA) is 110 Å². The van der Waals surface area contributed by atoms with Crippen molar-refractivity contribution in [3.63, 3.8) is 0 Å². The van der Waals surface area contributed by atoms with Gasteiger partial charge in [0, 0.05) is 23.2 Å². The summed E-state index contributed by atoms with van der Waals surface area (Å²) in [5.74, 6) is -0.374. The fraction of sp³-hybridized carbons (Fsp3) is 0.111. The number of carbonyl (C=O) groups excluding carboxylic acids is 1. The summed E-state index contributed by atoms with van der Waals surface area (Å²) in [6, 6.07) is 11.7. The number of sulfonamides is 1. The van der Waals surface area contributed by atoms with E-state index < -0.39 is 14.9 Å². The molecule has 3 rings (SSSR count). The lowest BCUT2D eigenvalue weighted by Crippen LogP contribution is -2.29. The fourth-order valence-electron chi connectivity index (χ4n) is 2.46. The summed E-state index contributed by atoms with van der Waals surface area (Å²) in [4.78, 5) is 24.5. The number of hydrogen-bond acceptors (Lipinski definition) is 6. The maximum atomic E-state index is 12.6. The monoisotopic (exact) mass is 495 g/mol. The van der Waals surface area contributed by atoms with Gasteiger partial charge < -0.3 is 0 Å². The lowest BCUT2D eigenvalue weighted by atomic mass is 10.2. The van der Waals surface area contributed by atoms with Crippen LogP contribution < -0.4 is 0 Å². The summed E-state index contributed by atoms with van der Waals surface area (Å²) in [6.45, 7) is 1.97. The maximum Gasteiger partial charge on any atom is 0.284 e. The molecule has 11 heteroatoms. The van der Waals surface area contributed by atoms with Crippen molar-refractivity contribution in [1.29, 1.82) is 0 Å². The van der Waals surface area contributed by atoms with Crippen molar-refractivity contribution in [3.05, 3.63) is 73.6 Å². The Labute approximate surface area is 179 Å². The maximum absolute atomic E-state index is 12.6. The minimum absolute atomic E-state index is 0.0186. The molecule has 0 bridgehead atoms. The van der Waals surface area contributed by atoms with Crippen LogP contribution in [0.1, 0.15) is 12.5 Å². The fourth-order valence-corrected chi connectivity index (χ4v) is 4.97. The lowest BCUT2D eigenvalue weighted by Gasteiger charge is -2.11. The molecule has 0 spiro atoms. The molecule has 0 unspecified atom stereocenters. The van der Waals surface area contributed by atoms with E-state index >= 15 is 0 Å². The molecule has 0 atom stereocenters. The van der Waals surface area contributed by atoms with Gasteiger partial charge in [0.25, 0.3) is 21.6 Å². The Hall–Kier alpha value is -2.50. The number of hydrogen-bond donors (Lipinski definition) is 0. The van der Waals surface area contributed by atoms with Gasteiger partial charge in [-0.15, -0.1) is 4.40 Å². The molecule has 1 aliphatic heterocycles. The normalized spacial score (nSPS) is 17.3. The van der Waals surface area contributed by atoms with Crippen LogP contribution in [0.3, 0.4) is 0 Å². The highest BCUT2D eigenvalue weighted by Crippen LogP contribution is 2.33. The van der Waals surface area contributed by atoms with Crippen LogP contribution in [0, 0.1) is 10.1 Å². The van der Waals surface area contributed by atoms with Crippen LogP contribution in [0.5, 0.6) is 0 Å². The SMILES string of the molecule is CCN1C(=O)/C(=C/c2ccc([N+](=O)[O-])cc2)S/C1=N/S(=O)(=O)c1ccc(Br)cc1. The molecule has 1 saturated heterocycles. The smallest absolute Gasteiger partial charge is 0.284 e. The summed E-state index contributed by atoms with van der Waals surface area (Å²) in [5.41, 5.74) is 0.523. The van der Waals surface area contributed by atoms with Gasteiger partial charge in [0.1, 0.15) is 0 Å². The van der Waals surface area contributed by atoms with E-state index in [1.807, 2.05) is 0 Å². The van der Waals surface area contributed by atoms with Gasteiger partial charge in [-0.25, -0.2) is 0 Å². The second-order valence-corrected chi connectivity index (χ2v) is 9.34. The van der Waals surface area contributed by atoms with E-state index in [0.717, 1.165) is 16.2 Å². The van der Waals surface area contributed by atoms with E-state index in [1.165, 1.54) is 41.3 Å². The van der Waals surface area contributed by atoms with Crippen LogP contribution in [0.25, 0.3) is 6.08 Å². The Balaban J connectivity index is 1.93. The van der Waals surface area contributed by atoms with Gasteiger partial charge >= 0.3 is 0 Å². The molecule has 2 aromatic carbocycles. The van der Waals surface area contributed by atoms with Crippen molar-refractivity contribution in [1.82, 2.24) is 4.90 Å². The summed E-state index contributed by atoms with van der Waals surface area (Å²) in [6.07, 6.45) is 1.55. The van der Waals surface area contributed by atoms with E-state index in [1.54, 1.807) is 25.1 Å². The number of nitro benzene ring substituents is 1. The minimum Gasteiger partial charge on any atom is -0.286 e. The first kappa shape index (κ1) is 21.2. The number of carbonyl (C=O) groups is 1. The molecule has 2 aromatic rings. The van der Waals surface area contributed by atoms with Crippen molar-refractivity contribution in [2.45, 2.75) is 11.8 Å². The van der Waals surface area contributed by atoms with Crippen LogP contribution in [0.2, 0.25) is 0 Å². The number of rotatable bonds is 5. The molecular weight excluding hydrogens is 482 g/mol. The van der Waals surface area contributed by atoms with E-state index in [4.69, 9.17) is 0 Å². The van der Waals surface area contributed by atoms with E-state index in [9.17, 15) is 23.3 Å². The van der Waals surface area contributed by atoms with Gasteiger partial charge in [-0.1, -0.05) is 15.9 Å². The quantitative estimate of drug-likeness (QED) is 0.351. The largest absolute Gasteiger partial charge is 0.286 e. The average molecular weight is 496 g/mol. The van der Waals surface area contributed by atoms with E-state index in [0.29, 0.717) is 5.56 Å². The first-order chi connectivity index (χ1) is 13.7. The predicted octanol–water partition coefficient (Wildman–Crippen LogP) is 4.04. The van der Waals surface area contributed by atoms with Gasteiger partial charge in [0.05, 0.1) is 14.7 Å². The second-order valence-electron chi connectivity index (χ2n) is 5.81. The van der Waals surface area contributed by atoms with Crippen molar-refractivity contribution >= 4 is 60.6 Å². The van der Waals surface area contributed by atoms with Crippen LogP contribution in [-0.4, -0.2) is 35.9 Å². The number of nitrogens with zero attached hydrogens (tertiary/aromatic N) is 3. The third kappa shape index (κ3) is 4.74. The molecule has 0 aliphatic carbocycles. The summed E-state index contributed by atoms with van der Waals surface area (Å²) in [5, 5.41) is 10.8. The zero-order valence-corrected chi connectivity index (χ0v) is 18.2. The van der Waals surface area contributed by atoms with Crippen molar-refractivity contribution < 1.29 is 18.1 Å². The molecule has 0 aromatic heterocycles. The number of amidine groups is 1. The Morgan fingerprint density at radius 1 is 1.17 bits per heavy atom. The van der Waals surface area contributed by atoms with E-state index in [2.05, 4.69) is 20.3 Å². The second kappa shape index (κ2) is 8.47. The number of halogens is 1. The lowest BCUT2D eigenvalue weighted by molar-refractivity contribution is -0.384. The molecule has 1 aliphatic rings.